The molecule has 1 aliphatic heterocycles. The first-order chi connectivity index (χ1) is 9.73. The summed E-state index contributed by atoms with van der Waals surface area (Å²) in [5.74, 6) is 0. The summed E-state index contributed by atoms with van der Waals surface area (Å²) in [5.41, 5.74) is 2.32. The fourth-order valence-electron chi connectivity index (χ4n) is 3.08. The molecule has 0 aromatic carbocycles. The Balaban J connectivity index is 2.36. The van der Waals surface area contributed by atoms with Crippen molar-refractivity contribution < 1.29 is 9.47 Å². The molecule has 1 aliphatic rings. The predicted molar refractivity (Wildman–Crippen MR) is 79.8 cm³/mol. The summed E-state index contributed by atoms with van der Waals surface area (Å²) in [6, 6.07) is 2.24. The molecule has 1 unspecified atom stereocenters. The van der Waals surface area contributed by atoms with Crippen LogP contribution in [0.2, 0.25) is 0 Å². The fourth-order valence-corrected chi connectivity index (χ4v) is 3.08. The molecule has 1 N–H and O–H groups in total. The smallest absolute Gasteiger partial charge is 0.0920 e. The van der Waals surface area contributed by atoms with Crippen LogP contribution >= 0.6 is 0 Å². The molecule has 1 aromatic heterocycles. The number of hydrogen-bond acceptors (Lipinski definition) is 4. The molecule has 4 heteroatoms. The van der Waals surface area contributed by atoms with Crippen LogP contribution in [0.15, 0.2) is 18.5 Å². The molecule has 0 radical (unpaired) electrons. The number of likely N-dealkylation sites (N-methyl/N-ethyl adjacent to an activating group) is 1. The topological polar surface area (TPSA) is 43.4 Å². The highest BCUT2D eigenvalue weighted by Crippen LogP contribution is 2.38. The minimum atomic E-state index is -0.184. The Kier molecular flexibility index (Phi) is 5.52. The van der Waals surface area contributed by atoms with Crippen LogP contribution in [0.1, 0.15) is 43.9 Å². The predicted octanol–water partition coefficient (Wildman–Crippen LogP) is 2.63. The number of nitrogens with one attached hydrogen (secondary N) is 1. The second-order valence-electron chi connectivity index (χ2n) is 5.33. The second-order valence-corrected chi connectivity index (χ2v) is 5.33. The maximum atomic E-state index is 6.22. The van der Waals surface area contributed by atoms with Gasteiger partial charge in [-0.2, -0.15) is 0 Å². The van der Waals surface area contributed by atoms with Crippen molar-refractivity contribution in [1.82, 2.24) is 10.3 Å². The standard InChI is InChI=1S/C16H26N2O2/c1-4-18-15(14-12-17-9-6-13(14)3)16(20-5-2)7-10-19-11-8-16/h6,9,12,15,18H,4-5,7-8,10-11H2,1-3H3. The second kappa shape index (κ2) is 7.16. The van der Waals surface area contributed by atoms with Crippen LogP contribution in [-0.2, 0) is 9.47 Å². The summed E-state index contributed by atoms with van der Waals surface area (Å²) in [5, 5.41) is 3.61. The summed E-state index contributed by atoms with van der Waals surface area (Å²) < 4.78 is 11.8. The lowest BCUT2D eigenvalue weighted by Crippen LogP contribution is -2.50. The highest BCUT2D eigenvalue weighted by molar-refractivity contribution is 5.28. The van der Waals surface area contributed by atoms with E-state index < -0.39 is 0 Å². The van der Waals surface area contributed by atoms with Crippen LogP contribution in [0.4, 0.5) is 0 Å². The summed E-state index contributed by atoms with van der Waals surface area (Å²) >= 11 is 0. The van der Waals surface area contributed by atoms with Crippen molar-refractivity contribution in [2.45, 2.75) is 45.3 Å². The number of ether oxygens (including phenoxy) is 2. The Morgan fingerprint density at radius 3 is 2.75 bits per heavy atom. The van der Waals surface area contributed by atoms with Crippen molar-refractivity contribution in [1.29, 1.82) is 0 Å². The first-order valence-electron chi connectivity index (χ1n) is 7.59. The summed E-state index contributed by atoms with van der Waals surface area (Å²) in [6.07, 6.45) is 5.66. The van der Waals surface area contributed by atoms with Crippen LogP contribution < -0.4 is 5.32 Å². The molecule has 112 valence electrons. The van der Waals surface area contributed by atoms with E-state index in [1.165, 1.54) is 11.1 Å². The van der Waals surface area contributed by atoms with E-state index in [0.717, 1.165) is 39.2 Å². The first kappa shape index (κ1) is 15.4. The van der Waals surface area contributed by atoms with Gasteiger partial charge in [-0.1, -0.05) is 6.92 Å². The fraction of sp³-hybridized carbons (Fsp3) is 0.688. The number of hydrogen-bond donors (Lipinski definition) is 1. The van der Waals surface area contributed by atoms with Gasteiger partial charge >= 0.3 is 0 Å². The molecule has 1 atom stereocenters. The van der Waals surface area contributed by atoms with E-state index in [9.17, 15) is 0 Å². The Hall–Kier alpha value is -0.970. The lowest BCUT2D eigenvalue weighted by molar-refractivity contribution is -0.128. The maximum absolute atomic E-state index is 6.22. The van der Waals surface area contributed by atoms with Gasteiger partial charge in [0.05, 0.1) is 11.6 Å². The van der Waals surface area contributed by atoms with Gasteiger partial charge in [0.15, 0.2) is 0 Å². The largest absolute Gasteiger partial charge is 0.381 e. The van der Waals surface area contributed by atoms with Gasteiger partial charge in [0.25, 0.3) is 0 Å². The zero-order chi connectivity index (χ0) is 14.4. The van der Waals surface area contributed by atoms with Crippen LogP contribution in [0.5, 0.6) is 0 Å². The molecule has 2 rings (SSSR count). The molecule has 1 saturated heterocycles. The third kappa shape index (κ3) is 3.19. The summed E-state index contributed by atoms with van der Waals surface area (Å²) in [7, 11) is 0. The molecule has 0 aliphatic carbocycles. The molecule has 2 heterocycles. The molecule has 4 nitrogen and oxygen atoms in total. The van der Waals surface area contributed by atoms with Gasteiger partial charge in [-0.3, -0.25) is 4.98 Å². The van der Waals surface area contributed by atoms with Crippen LogP contribution in [0.3, 0.4) is 0 Å². The highest BCUT2D eigenvalue weighted by Gasteiger charge is 2.42. The number of rotatable bonds is 6. The highest BCUT2D eigenvalue weighted by atomic mass is 16.5. The molecular formula is C16H26N2O2. The number of aromatic nitrogens is 1. The minimum Gasteiger partial charge on any atom is -0.381 e. The third-order valence-corrected chi connectivity index (χ3v) is 4.10. The number of nitrogens with zero attached hydrogens (tertiary/aromatic N) is 1. The van der Waals surface area contributed by atoms with Gasteiger partial charge in [0.2, 0.25) is 0 Å². The summed E-state index contributed by atoms with van der Waals surface area (Å²) in [6.45, 7) is 9.51. The maximum Gasteiger partial charge on any atom is 0.0920 e. The summed E-state index contributed by atoms with van der Waals surface area (Å²) in [4.78, 5) is 4.31. The van der Waals surface area contributed by atoms with Crippen LogP contribution in [-0.4, -0.2) is 37.0 Å². The molecule has 1 aromatic rings. The van der Waals surface area contributed by atoms with Crippen molar-refractivity contribution >= 4 is 0 Å². The Bertz CT molecular complexity index is 411. The van der Waals surface area contributed by atoms with Gasteiger partial charge in [-0.25, -0.2) is 0 Å². The van der Waals surface area contributed by atoms with E-state index in [1.54, 1.807) is 0 Å². The number of aryl methyl sites for hydroxylation is 1. The van der Waals surface area contributed by atoms with Crippen molar-refractivity contribution in [3.63, 3.8) is 0 Å². The van der Waals surface area contributed by atoms with E-state index in [-0.39, 0.29) is 11.6 Å². The van der Waals surface area contributed by atoms with Gasteiger partial charge in [-0.05, 0) is 37.6 Å². The SMILES string of the molecule is CCNC(c1cnccc1C)C1(OCC)CCOCC1. The van der Waals surface area contributed by atoms with E-state index in [4.69, 9.17) is 9.47 Å². The van der Waals surface area contributed by atoms with Crippen LogP contribution in [0, 0.1) is 6.92 Å². The monoisotopic (exact) mass is 278 g/mol. The van der Waals surface area contributed by atoms with Gasteiger partial charge in [0, 0.05) is 45.1 Å². The van der Waals surface area contributed by atoms with Gasteiger partial charge < -0.3 is 14.8 Å². The Morgan fingerprint density at radius 1 is 1.40 bits per heavy atom. The minimum absolute atomic E-state index is 0.171. The number of pyridine rings is 1. The molecule has 0 bridgehead atoms. The molecule has 20 heavy (non-hydrogen) atoms. The third-order valence-electron chi connectivity index (χ3n) is 4.10. The zero-order valence-electron chi connectivity index (χ0n) is 12.8. The van der Waals surface area contributed by atoms with Gasteiger partial charge in [-0.15, -0.1) is 0 Å². The zero-order valence-corrected chi connectivity index (χ0v) is 12.8. The average molecular weight is 278 g/mol. The normalized spacial score (nSPS) is 19.8. The molecule has 0 amide bonds. The van der Waals surface area contributed by atoms with E-state index in [1.807, 2.05) is 12.4 Å². The van der Waals surface area contributed by atoms with Crippen molar-refractivity contribution in [2.75, 3.05) is 26.4 Å². The quantitative estimate of drug-likeness (QED) is 0.868. The van der Waals surface area contributed by atoms with Crippen molar-refractivity contribution in [2.24, 2.45) is 0 Å². The first-order valence-corrected chi connectivity index (χ1v) is 7.59. The molecular weight excluding hydrogens is 252 g/mol. The van der Waals surface area contributed by atoms with Gasteiger partial charge in [0.1, 0.15) is 0 Å². The van der Waals surface area contributed by atoms with Crippen molar-refractivity contribution in [3.8, 4) is 0 Å². The van der Waals surface area contributed by atoms with Crippen molar-refractivity contribution in [3.05, 3.63) is 29.6 Å². The molecule has 0 spiro atoms. The van der Waals surface area contributed by atoms with E-state index in [2.05, 4.69) is 37.1 Å². The lowest BCUT2D eigenvalue weighted by Gasteiger charge is -2.44. The average Bonchev–Trinajstić information content (AvgIpc) is 2.47. The Labute approximate surface area is 121 Å². The van der Waals surface area contributed by atoms with E-state index in [0.29, 0.717) is 0 Å². The van der Waals surface area contributed by atoms with E-state index >= 15 is 0 Å². The lowest BCUT2D eigenvalue weighted by atomic mass is 9.81. The molecule has 1 fully saturated rings. The molecule has 0 saturated carbocycles. The van der Waals surface area contributed by atoms with Crippen LogP contribution in [0.25, 0.3) is 0 Å². The Morgan fingerprint density at radius 2 is 2.15 bits per heavy atom.